The van der Waals surface area contributed by atoms with Crippen LogP contribution in [-0.4, -0.2) is 24.8 Å². The number of methoxy groups -OCH3 is 1. The van der Waals surface area contributed by atoms with Gasteiger partial charge in [0.15, 0.2) is 24.1 Å². The molecule has 0 saturated carbocycles. The molecule has 0 amide bonds. The first kappa shape index (κ1) is 21.5. The Morgan fingerprint density at radius 1 is 1.33 bits per heavy atom. The average Bonchev–Trinajstić information content (AvgIpc) is 2.41. The van der Waals surface area contributed by atoms with E-state index in [1.54, 1.807) is 25.1 Å². The zero-order valence-corrected chi connectivity index (χ0v) is 14.9. The molecule has 0 saturated heterocycles. The summed E-state index contributed by atoms with van der Waals surface area (Å²) < 4.78 is 9.96. The third-order valence-electron chi connectivity index (χ3n) is 2.03. The second kappa shape index (κ2) is 13.2. The van der Waals surface area contributed by atoms with Gasteiger partial charge in [-0.05, 0) is 18.2 Å². The van der Waals surface area contributed by atoms with Crippen LogP contribution in [0.4, 0.5) is 0 Å². The van der Waals surface area contributed by atoms with Crippen molar-refractivity contribution in [2.24, 2.45) is 0 Å². The number of carbonyl (C=O) groups is 1. The molecule has 0 aliphatic carbocycles. The molecular formula is C11H14ArI2O4. The standard InChI is InChI=1S/C11H14O4.Ar.I2/c1-3-9(13)8-4-5-10(15-7-12)11(6-8)14-2;;1-2/h4-6,12H,3,7H2,1-2H3;;. The SMILES string of the molecule is CCC(=O)c1ccc(OCO)c(OC)c1.II.[Ar]. The van der Waals surface area contributed by atoms with E-state index in [-0.39, 0.29) is 43.5 Å². The Labute approximate surface area is 160 Å². The van der Waals surface area contributed by atoms with Crippen LogP contribution in [0.5, 0.6) is 11.5 Å². The molecular weight excluding hydrogens is 490 g/mol. The fourth-order valence-electron chi connectivity index (χ4n) is 1.23. The van der Waals surface area contributed by atoms with Crippen molar-refractivity contribution in [3.05, 3.63) is 23.8 Å². The summed E-state index contributed by atoms with van der Waals surface area (Å²) in [6.07, 6.45) is 0.448. The summed E-state index contributed by atoms with van der Waals surface area (Å²) in [6, 6.07) is 4.87. The molecule has 0 aromatic heterocycles. The van der Waals surface area contributed by atoms with Crippen LogP contribution in [0.15, 0.2) is 18.2 Å². The summed E-state index contributed by atoms with van der Waals surface area (Å²) in [5, 5.41) is 8.62. The van der Waals surface area contributed by atoms with Crippen LogP contribution in [0.25, 0.3) is 0 Å². The van der Waals surface area contributed by atoms with E-state index in [4.69, 9.17) is 14.6 Å². The van der Waals surface area contributed by atoms with Crippen molar-refractivity contribution in [2.45, 2.75) is 13.3 Å². The van der Waals surface area contributed by atoms with Crippen molar-refractivity contribution in [3.63, 3.8) is 0 Å². The number of aliphatic hydroxyl groups excluding tert-OH is 1. The molecule has 4 nitrogen and oxygen atoms in total. The molecule has 0 spiro atoms. The van der Waals surface area contributed by atoms with Gasteiger partial charge in [0.1, 0.15) is 0 Å². The molecule has 0 fully saturated rings. The van der Waals surface area contributed by atoms with E-state index in [1.165, 1.54) is 7.11 Å². The Morgan fingerprint density at radius 2 is 1.94 bits per heavy atom. The molecule has 1 rings (SSSR count). The Hall–Kier alpha value is 1.17. The van der Waals surface area contributed by atoms with Crippen molar-refractivity contribution in [2.75, 3.05) is 13.9 Å². The maximum Gasteiger partial charge on any atom is 0.186 e. The second-order valence-corrected chi connectivity index (χ2v) is 2.92. The first-order valence-corrected chi connectivity index (χ1v) is 11.1. The normalized spacial score (nSPS) is 8.50. The summed E-state index contributed by atoms with van der Waals surface area (Å²) in [7, 11) is 1.49. The number of Topliss-reactive ketones (excluding diaryl/α,β-unsaturated/α-hetero) is 1. The van der Waals surface area contributed by atoms with E-state index in [2.05, 4.69) is 37.2 Å². The molecule has 1 aromatic carbocycles. The van der Waals surface area contributed by atoms with Crippen molar-refractivity contribution in [3.8, 4) is 11.5 Å². The van der Waals surface area contributed by atoms with Crippen molar-refractivity contribution in [1.82, 2.24) is 0 Å². The van der Waals surface area contributed by atoms with E-state index in [0.717, 1.165) is 0 Å². The van der Waals surface area contributed by atoms with Gasteiger partial charge >= 0.3 is 0 Å². The van der Waals surface area contributed by atoms with Gasteiger partial charge in [-0.3, -0.25) is 4.79 Å². The van der Waals surface area contributed by atoms with Crippen molar-refractivity contribution < 1.29 is 57.1 Å². The van der Waals surface area contributed by atoms with Crippen molar-refractivity contribution in [1.29, 1.82) is 0 Å². The Kier molecular flexibility index (Phi) is 15.7. The van der Waals surface area contributed by atoms with Crippen LogP contribution >= 0.6 is 37.2 Å². The first-order valence-electron chi connectivity index (χ1n) is 4.82. The van der Waals surface area contributed by atoms with Crippen LogP contribution < -0.4 is 9.47 Å². The van der Waals surface area contributed by atoms with Gasteiger partial charge in [-0.15, -0.1) is 0 Å². The Balaban J connectivity index is 0. The van der Waals surface area contributed by atoms with E-state index in [0.29, 0.717) is 23.5 Å². The van der Waals surface area contributed by atoms with Crippen LogP contribution in [0.1, 0.15) is 23.7 Å². The van der Waals surface area contributed by atoms with Gasteiger partial charge < -0.3 is 14.6 Å². The molecule has 1 N–H and O–H groups in total. The number of carbonyl (C=O) groups excluding carboxylic acids is 1. The molecule has 0 atom stereocenters. The molecule has 0 unspecified atom stereocenters. The maximum absolute atomic E-state index is 11.4. The molecule has 7 heteroatoms. The largest absolute Gasteiger partial charge is 0.493 e. The zero-order valence-electron chi connectivity index (χ0n) is 9.93. The Bertz CT molecular complexity index is 361. The number of ether oxygens (including phenoxy) is 2. The van der Waals surface area contributed by atoms with Gasteiger partial charge in [0, 0.05) is 87.0 Å². The smallest absolute Gasteiger partial charge is 0.186 e. The fourth-order valence-corrected chi connectivity index (χ4v) is 1.23. The number of hydrogen-bond donors (Lipinski definition) is 1. The van der Waals surface area contributed by atoms with Gasteiger partial charge in [-0.25, -0.2) is 0 Å². The first-order chi connectivity index (χ1) is 8.22. The molecule has 104 valence electrons. The number of hydrogen-bond acceptors (Lipinski definition) is 4. The van der Waals surface area contributed by atoms with Crippen molar-refractivity contribution >= 4 is 43.0 Å². The Morgan fingerprint density at radius 3 is 2.39 bits per heavy atom. The third kappa shape index (κ3) is 7.09. The van der Waals surface area contributed by atoms with E-state index in [9.17, 15) is 4.79 Å². The summed E-state index contributed by atoms with van der Waals surface area (Å²) >= 11 is 4.24. The van der Waals surface area contributed by atoms with E-state index >= 15 is 0 Å². The summed E-state index contributed by atoms with van der Waals surface area (Å²) in [6.45, 7) is 1.38. The van der Waals surface area contributed by atoms with E-state index in [1.807, 2.05) is 0 Å². The summed E-state index contributed by atoms with van der Waals surface area (Å²) in [5.74, 6) is 0.917. The van der Waals surface area contributed by atoms with Crippen LogP contribution in [0.3, 0.4) is 0 Å². The number of halogens is 2. The van der Waals surface area contributed by atoms with Gasteiger partial charge in [-0.1, -0.05) is 6.92 Å². The molecule has 1 aromatic rings. The quantitative estimate of drug-likeness (QED) is 0.380. The maximum atomic E-state index is 11.4. The zero-order chi connectivity index (χ0) is 13.3. The number of benzene rings is 1. The summed E-state index contributed by atoms with van der Waals surface area (Å²) in [4.78, 5) is 11.4. The second-order valence-electron chi connectivity index (χ2n) is 2.92. The van der Waals surface area contributed by atoms with Gasteiger partial charge in [0.25, 0.3) is 0 Å². The molecule has 0 aliphatic heterocycles. The predicted octanol–water partition coefficient (Wildman–Crippen LogP) is 3.39. The van der Waals surface area contributed by atoms with Crippen LogP contribution in [-0.2, 0) is 0 Å². The topological polar surface area (TPSA) is 55.8 Å². The number of aliphatic hydroxyl groups is 1. The summed E-state index contributed by atoms with van der Waals surface area (Å²) in [5.41, 5.74) is 0.583. The molecule has 18 heavy (non-hydrogen) atoms. The minimum Gasteiger partial charge on any atom is -0.493 e. The predicted molar refractivity (Wildman–Crippen MR) is 83.4 cm³/mol. The van der Waals surface area contributed by atoms with Crippen LogP contribution in [0, 0.1) is 37.7 Å². The van der Waals surface area contributed by atoms with Gasteiger partial charge in [0.2, 0.25) is 0 Å². The molecule has 0 aliphatic rings. The average molecular weight is 504 g/mol. The van der Waals surface area contributed by atoms with Gasteiger partial charge in [0.05, 0.1) is 7.11 Å². The van der Waals surface area contributed by atoms with Gasteiger partial charge in [-0.2, -0.15) is 0 Å². The van der Waals surface area contributed by atoms with Crippen LogP contribution in [0.2, 0.25) is 0 Å². The molecule has 0 heterocycles. The minimum atomic E-state index is -0.419. The molecule has 0 radical (unpaired) electrons. The minimum absolute atomic E-state index is 0. The monoisotopic (exact) mass is 504 g/mol. The number of ketones is 1. The fraction of sp³-hybridized carbons (Fsp3) is 0.364. The van der Waals surface area contributed by atoms with E-state index < -0.39 is 6.79 Å². The third-order valence-corrected chi connectivity index (χ3v) is 2.03. The number of rotatable bonds is 5. The molecule has 0 bridgehead atoms.